The Morgan fingerprint density at radius 1 is 1.53 bits per heavy atom. The molecule has 0 aromatic carbocycles. The van der Waals surface area contributed by atoms with Crippen molar-refractivity contribution < 1.29 is 9.90 Å². The van der Waals surface area contributed by atoms with E-state index in [0.717, 1.165) is 11.5 Å². The molecule has 2 heterocycles. The number of pyridine rings is 1. The number of aryl methyl sites for hydroxylation is 2. The quantitative estimate of drug-likeness (QED) is 0.829. The largest absolute Gasteiger partial charge is 0.478 e. The Labute approximate surface area is 110 Å². The highest BCUT2D eigenvalue weighted by Crippen LogP contribution is 2.15. The first-order valence-corrected chi connectivity index (χ1v) is 5.84. The summed E-state index contributed by atoms with van der Waals surface area (Å²) in [5.74, 6) is -0.149. The zero-order valence-corrected chi connectivity index (χ0v) is 10.8. The van der Waals surface area contributed by atoms with E-state index in [1.54, 1.807) is 12.4 Å². The fraction of sp³-hybridized carbons (Fsp3) is 0.333. The number of nitrogens with one attached hydrogen (secondary N) is 1. The van der Waals surface area contributed by atoms with Crippen molar-refractivity contribution in [3.05, 3.63) is 35.7 Å². The van der Waals surface area contributed by atoms with Crippen LogP contribution in [0.3, 0.4) is 0 Å². The van der Waals surface area contributed by atoms with E-state index in [4.69, 9.17) is 5.11 Å². The summed E-state index contributed by atoms with van der Waals surface area (Å²) in [5.41, 5.74) is 1.51. The summed E-state index contributed by atoms with van der Waals surface area (Å²) in [5, 5.41) is 19.9. The molecule has 7 nitrogen and oxygen atoms in total. The molecule has 0 unspecified atom stereocenters. The second-order valence-electron chi connectivity index (χ2n) is 4.21. The van der Waals surface area contributed by atoms with Crippen LogP contribution in [0.25, 0.3) is 0 Å². The normalized spacial score (nSPS) is 10.4. The van der Waals surface area contributed by atoms with Crippen LogP contribution in [0.4, 0.5) is 5.69 Å². The third kappa shape index (κ3) is 3.06. The smallest absolute Gasteiger partial charge is 0.339 e. The number of carbonyl (C=O) groups is 1. The zero-order chi connectivity index (χ0) is 13.8. The van der Waals surface area contributed by atoms with Crippen LogP contribution in [0.5, 0.6) is 0 Å². The van der Waals surface area contributed by atoms with Gasteiger partial charge in [-0.3, -0.25) is 4.98 Å². The molecule has 0 aliphatic carbocycles. The Kier molecular flexibility index (Phi) is 3.74. The van der Waals surface area contributed by atoms with Crippen LogP contribution in [-0.2, 0) is 13.5 Å². The fourth-order valence-electron chi connectivity index (χ4n) is 1.72. The van der Waals surface area contributed by atoms with E-state index in [9.17, 15) is 4.79 Å². The van der Waals surface area contributed by atoms with Gasteiger partial charge < -0.3 is 15.0 Å². The molecule has 2 aromatic rings. The number of nitrogens with zero attached hydrogens (tertiary/aromatic N) is 4. The van der Waals surface area contributed by atoms with E-state index in [-0.39, 0.29) is 5.56 Å². The molecule has 19 heavy (non-hydrogen) atoms. The minimum Gasteiger partial charge on any atom is -0.478 e. The first-order chi connectivity index (χ1) is 9.08. The number of carboxylic acids is 1. The second-order valence-corrected chi connectivity index (χ2v) is 4.21. The number of rotatable bonds is 5. The van der Waals surface area contributed by atoms with Gasteiger partial charge in [0.1, 0.15) is 17.7 Å². The number of carboxylic acid groups (broad SMARTS) is 1. The number of aromatic nitrogens is 4. The van der Waals surface area contributed by atoms with Crippen LogP contribution >= 0.6 is 0 Å². The summed E-state index contributed by atoms with van der Waals surface area (Å²) in [6, 6.07) is 1.72. The molecule has 2 N–H and O–H groups in total. The van der Waals surface area contributed by atoms with Crippen molar-refractivity contribution in [2.45, 2.75) is 13.3 Å². The molecular formula is C12H15N5O2. The fourth-order valence-corrected chi connectivity index (χ4v) is 1.72. The number of aromatic carboxylic acids is 1. The van der Waals surface area contributed by atoms with Gasteiger partial charge >= 0.3 is 5.97 Å². The van der Waals surface area contributed by atoms with E-state index in [2.05, 4.69) is 20.5 Å². The lowest BCUT2D eigenvalue weighted by molar-refractivity contribution is 0.0697. The summed E-state index contributed by atoms with van der Waals surface area (Å²) >= 11 is 0. The second kappa shape index (κ2) is 5.47. The highest BCUT2D eigenvalue weighted by Gasteiger charge is 2.10. The summed E-state index contributed by atoms with van der Waals surface area (Å²) in [7, 11) is 1.87. The van der Waals surface area contributed by atoms with Crippen molar-refractivity contribution in [3.8, 4) is 0 Å². The lowest BCUT2D eigenvalue weighted by atomic mass is 10.2. The van der Waals surface area contributed by atoms with E-state index >= 15 is 0 Å². The van der Waals surface area contributed by atoms with Crippen molar-refractivity contribution in [2.75, 3.05) is 11.9 Å². The maximum absolute atomic E-state index is 11.1. The van der Waals surface area contributed by atoms with Crippen LogP contribution in [0.1, 0.15) is 21.9 Å². The minimum atomic E-state index is -0.992. The van der Waals surface area contributed by atoms with Gasteiger partial charge in [0.25, 0.3) is 0 Å². The third-order valence-electron chi connectivity index (χ3n) is 2.74. The molecule has 2 aromatic heterocycles. The van der Waals surface area contributed by atoms with Crippen molar-refractivity contribution >= 4 is 11.7 Å². The molecule has 0 spiro atoms. The molecule has 0 aliphatic rings. The van der Waals surface area contributed by atoms with Gasteiger partial charge in [-0.1, -0.05) is 0 Å². The molecular weight excluding hydrogens is 246 g/mol. The molecule has 0 bridgehead atoms. The van der Waals surface area contributed by atoms with Crippen LogP contribution in [-0.4, -0.2) is 37.4 Å². The molecule has 100 valence electrons. The molecule has 7 heteroatoms. The molecule has 0 radical (unpaired) electrons. The van der Waals surface area contributed by atoms with Crippen molar-refractivity contribution in [3.63, 3.8) is 0 Å². The van der Waals surface area contributed by atoms with Gasteiger partial charge in [-0.2, -0.15) is 0 Å². The maximum Gasteiger partial charge on any atom is 0.339 e. The summed E-state index contributed by atoms with van der Waals surface area (Å²) in [6.07, 6.45) is 3.66. The molecule has 0 amide bonds. The van der Waals surface area contributed by atoms with Crippen LogP contribution < -0.4 is 5.32 Å². The van der Waals surface area contributed by atoms with Crippen LogP contribution in [0.2, 0.25) is 0 Å². The Morgan fingerprint density at radius 2 is 2.32 bits per heavy atom. The number of hydrogen-bond acceptors (Lipinski definition) is 5. The van der Waals surface area contributed by atoms with Gasteiger partial charge in [-0.25, -0.2) is 4.79 Å². The highest BCUT2D eigenvalue weighted by atomic mass is 16.4. The Morgan fingerprint density at radius 3 is 2.95 bits per heavy atom. The predicted octanol–water partition coefficient (Wildman–Crippen LogP) is 0.871. The van der Waals surface area contributed by atoms with E-state index < -0.39 is 5.97 Å². The third-order valence-corrected chi connectivity index (χ3v) is 2.74. The average molecular weight is 261 g/mol. The lowest BCUT2D eigenvalue weighted by Crippen LogP contribution is -2.12. The lowest BCUT2D eigenvalue weighted by Gasteiger charge is -2.09. The van der Waals surface area contributed by atoms with Crippen LogP contribution in [0, 0.1) is 6.92 Å². The van der Waals surface area contributed by atoms with Gasteiger partial charge in [0.05, 0.1) is 5.69 Å². The van der Waals surface area contributed by atoms with Crippen molar-refractivity contribution in [2.24, 2.45) is 7.05 Å². The van der Waals surface area contributed by atoms with E-state index in [1.807, 2.05) is 18.5 Å². The predicted molar refractivity (Wildman–Crippen MR) is 69.1 cm³/mol. The molecule has 0 aliphatic heterocycles. The number of anilines is 1. The van der Waals surface area contributed by atoms with Crippen LogP contribution in [0.15, 0.2) is 18.6 Å². The Hall–Kier alpha value is -2.44. The minimum absolute atomic E-state index is 0.170. The monoisotopic (exact) mass is 261 g/mol. The molecule has 0 saturated heterocycles. The zero-order valence-electron chi connectivity index (χ0n) is 10.8. The molecule has 0 fully saturated rings. The van der Waals surface area contributed by atoms with E-state index in [0.29, 0.717) is 18.7 Å². The molecule has 0 atom stereocenters. The summed E-state index contributed by atoms with van der Waals surface area (Å²) < 4.78 is 1.83. The summed E-state index contributed by atoms with van der Waals surface area (Å²) in [6.45, 7) is 2.40. The van der Waals surface area contributed by atoms with E-state index in [1.165, 1.54) is 6.20 Å². The van der Waals surface area contributed by atoms with Gasteiger partial charge in [-0.15, -0.1) is 10.2 Å². The first-order valence-electron chi connectivity index (χ1n) is 5.84. The topological polar surface area (TPSA) is 92.9 Å². The van der Waals surface area contributed by atoms with Crippen molar-refractivity contribution in [1.82, 2.24) is 19.7 Å². The maximum atomic E-state index is 11.1. The average Bonchev–Trinajstić information content (AvgIpc) is 2.75. The Bertz CT molecular complexity index is 594. The standard InChI is InChI=1S/C12H15N5O2/c1-8-5-10(9(6-14-8)12(18)19)13-4-3-11-16-15-7-17(11)2/h5-7H,3-4H2,1-2H3,(H,13,14)(H,18,19). The Balaban J connectivity index is 2.05. The number of hydrogen-bond donors (Lipinski definition) is 2. The van der Waals surface area contributed by atoms with Gasteiger partial charge in [0.15, 0.2) is 0 Å². The van der Waals surface area contributed by atoms with Gasteiger partial charge in [0, 0.05) is 31.9 Å². The van der Waals surface area contributed by atoms with Gasteiger partial charge in [-0.05, 0) is 13.0 Å². The van der Waals surface area contributed by atoms with Gasteiger partial charge in [0.2, 0.25) is 0 Å². The SMILES string of the molecule is Cc1cc(NCCc2nncn2C)c(C(=O)O)cn1. The molecule has 0 saturated carbocycles. The first kappa shape index (κ1) is 13.0. The van der Waals surface area contributed by atoms with Crippen molar-refractivity contribution in [1.29, 1.82) is 0 Å². The summed E-state index contributed by atoms with van der Waals surface area (Å²) in [4.78, 5) is 15.1. The molecule has 2 rings (SSSR count). The highest BCUT2D eigenvalue weighted by molar-refractivity contribution is 5.93.